The fourth-order valence-electron chi connectivity index (χ4n) is 2.32. The van der Waals surface area contributed by atoms with Crippen LogP contribution in [0, 0.1) is 6.92 Å². The summed E-state index contributed by atoms with van der Waals surface area (Å²) in [5.41, 5.74) is 10.8. The highest BCUT2D eigenvalue weighted by atomic mass is 16.5. The maximum Gasteiger partial charge on any atom is 0.207 e. The van der Waals surface area contributed by atoms with Crippen LogP contribution < -0.4 is 5.73 Å². The summed E-state index contributed by atoms with van der Waals surface area (Å²) in [4.78, 5) is 8.82. The van der Waals surface area contributed by atoms with Gasteiger partial charge in [-0.15, -0.1) is 0 Å². The quantitative estimate of drug-likeness (QED) is 0.792. The Morgan fingerprint density at radius 1 is 1.30 bits per heavy atom. The molecule has 0 unspecified atom stereocenters. The molecule has 102 valence electrons. The van der Waals surface area contributed by atoms with E-state index in [0.717, 1.165) is 28.0 Å². The van der Waals surface area contributed by atoms with Crippen molar-refractivity contribution in [1.29, 1.82) is 0 Å². The average Bonchev–Trinajstić information content (AvgIpc) is 2.77. The van der Waals surface area contributed by atoms with Gasteiger partial charge in [0.15, 0.2) is 5.65 Å². The molecule has 3 aromatic rings. The predicted octanol–water partition coefficient (Wildman–Crippen LogP) is 2.46. The van der Waals surface area contributed by atoms with E-state index < -0.39 is 0 Å². The molecule has 0 bridgehead atoms. The van der Waals surface area contributed by atoms with Crippen molar-refractivity contribution < 1.29 is 4.74 Å². The number of rotatable bonds is 3. The van der Waals surface area contributed by atoms with E-state index >= 15 is 0 Å². The highest BCUT2D eigenvalue weighted by molar-refractivity contribution is 5.79. The van der Waals surface area contributed by atoms with Crippen LogP contribution in [0.3, 0.4) is 0 Å². The number of benzene rings is 1. The first-order valence-electron chi connectivity index (χ1n) is 6.38. The molecule has 3 rings (SSSR count). The van der Waals surface area contributed by atoms with Crippen molar-refractivity contribution >= 4 is 17.1 Å². The number of methoxy groups -OCH3 is 1. The summed E-state index contributed by atoms with van der Waals surface area (Å²) in [6.07, 6.45) is 1.77. The first kappa shape index (κ1) is 12.6. The Kier molecular flexibility index (Phi) is 3.12. The fraction of sp³-hybridized carbons (Fsp3) is 0.200. The second-order valence-electron chi connectivity index (χ2n) is 4.71. The van der Waals surface area contributed by atoms with Crippen molar-refractivity contribution in [2.45, 2.75) is 13.5 Å². The molecule has 0 atom stereocenters. The average molecular weight is 268 g/mol. The van der Waals surface area contributed by atoms with Crippen molar-refractivity contribution in [1.82, 2.24) is 14.5 Å². The minimum Gasteiger partial charge on any atom is -0.380 e. The van der Waals surface area contributed by atoms with Gasteiger partial charge in [0.2, 0.25) is 5.95 Å². The maximum atomic E-state index is 6.06. The van der Waals surface area contributed by atoms with Crippen molar-refractivity contribution in [3.63, 3.8) is 0 Å². The number of aromatic nitrogens is 3. The molecule has 0 aliphatic carbocycles. The van der Waals surface area contributed by atoms with Gasteiger partial charge in [0, 0.05) is 13.3 Å². The second-order valence-corrected chi connectivity index (χ2v) is 4.71. The number of fused-ring (bicyclic) bond motifs is 1. The lowest BCUT2D eigenvalue weighted by Crippen LogP contribution is -2.02. The number of nitrogens with zero attached hydrogens (tertiary/aromatic N) is 3. The fourth-order valence-corrected chi connectivity index (χ4v) is 2.32. The summed E-state index contributed by atoms with van der Waals surface area (Å²) in [5.74, 6) is 0.441. The van der Waals surface area contributed by atoms with Crippen LogP contribution in [0.2, 0.25) is 0 Å². The summed E-state index contributed by atoms with van der Waals surface area (Å²) in [7, 11) is 1.68. The van der Waals surface area contributed by atoms with Gasteiger partial charge in [0.1, 0.15) is 5.52 Å². The molecule has 0 saturated carbocycles. The molecular weight excluding hydrogens is 252 g/mol. The Labute approximate surface area is 117 Å². The SMILES string of the molecule is COCc1cccc(-n2c(N)nc3c(C)ccnc32)c1. The summed E-state index contributed by atoms with van der Waals surface area (Å²) in [6, 6.07) is 9.94. The van der Waals surface area contributed by atoms with E-state index in [4.69, 9.17) is 10.5 Å². The summed E-state index contributed by atoms with van der Waals surface area (Å²) in [6.45, 7) is 2.56. The maximum absolute atomic E-state index is 6.06. The molecule has 2 heterocycles. The molecule has 0 aliphatic rings. The van der Waals surface area contributed by atoms with Crippen molar-refractivity contribution in [2.24, 2.45) is 0 Å². The zero-order chi connectivity index (χ0) is 14.1. The first-order valence-corrected chi connectivity index (χ1v) is 6.38. The molecule has 0 spiro atoms. The molecule has 0 amide bonds. The number of imidazole rings is 1. The Hall–Kier alpha value is -2.40. The van der Waals surface area contributed by atoms with Crippen LogP contribution in [0.4, 0.5) is 5.95 Å². The van der Waals surface area contributed by atoms with Crippen LogP contribution in [0.5, 0.6) is 0 Å². The molecule has 1 aromatic carbocycles. The van der Waals surface area contributed by atoms with Gasteiger partial charge in [0.05, 0.1) is 12.3 Å². The normalized spacial score (nSPS) is 11.1. The third kappa shape index (κ3) is 2.02. The standard InChI is InChI=1S/C15H16N4O/c1-10-6-7-17-14-13(10)18-15(16)19(14)12-5-3-4-11(8-12)9-20-2/h3-8H,9H2,1-2H3,(H2,16,18). The number of pyridine rings is 1. The van der Waals surface area contributed by atoms with E-state index in [1.165, 1.54) is 0 Å². The molecule has 5 nitrogen and oxygen atoms in total. The first-order chi connectivity index (χ1) is 9.70. The molecule has 20 heavy (non-hydrogen) atoms. The molecule has 0 radical (unpaired) electrons. The molecular formula is C15H16N4O. The highest BCUT2D eigenvalue weighted by Crippen LogP contribution is 2.24. The molecule has 5 heteroatoms. The van der Waals surface area contributed by atoms with E-state index in [1.54, 1.807) is 13.3 Å². The van der Waals surface area contributed by atoms with Gasteiger partial charge in [-0.25, -0.2) is 9.97 Å². The van der Waals surface area contributed by atoms with Gasteiger partial charge in [0.25, 0.3) is 0 Å². The largest absolute Gasteiger partial charge is 0.380 e. The second kappa shape index (κ2) is 4.94. The van der Waals surface area contributed by atoms with Gasteiger partial charge in [-0.2, -0.15) is 0 Å². The minimum absolute atomic E-state index is 0.441. The molecule has 2 aromatic heterocycles. The Bertz CT molecular complexity index is 764. The summed E-state index contributed by atoms with van der Waals surface area (Å²) in [5, 5.41) is 0. The minimum atomic E-state index is 0.441. The van der Waals surface area contributed by atoms with Gasteiger partial charge >= 0.3 is 0 Å². The molecule has 0 saturated heterocycles. The molecule has 2 N–H and O–H groups in total. The smallest absolute Gasteiger partial charge is 0.207 e. The van der Waals surface area contributed by atoms with Crippen LogP contribution >= 0.6 is 0 Å². The zero-order valence-electron chi connectivity index (χ0n) is 11.5. The molecule has 0 aliphatic heterocycles. The number of aryl methyl sites for hydroxylation is 1. The van der Waals surface area contributed by atoms with Gasteiger partial charge in [-0.05, 0) is 36.2 Å². The van der Waals surface area contributed by atoms with E-state index in [0.29, 0.717) is 12.6 Å². The topological polar surface area (TPSA) is 66.0 Å². The van der Waals surface area contributed by atoms with Crippen LogP contribution in [-0.2, 0) is 11.3 Å². The van der Waals surface area contributed by atoms with Crippen molar-refractivity contribution in [2.75, 3.05) is 12.8 Å². The Morgan fingerprint density at radius 3 is 2.95 bits per heavy atom. The Balaban J connectivity index is 2.21. The summed E-state index contributed by atoms with van der Waals surface area (Å²) < 4.78 is 7.03. The van der Waals surface area contributed by atoms with Crippen LogP contribution in [0.15, 0.2) is 36.5 Å². The molecule has 0 fully saturated rings. The Morgan fingerprint density at radius 2 is 2.15 bits per heavy atom. The number of ether oxygens (including phenoxy) is 1. The third-order valence-electron chi connectivity index (χ3n) is 3.25. The van der Waals surface area contributed by atoms with Gasteiger partial charge < -0.3 is 10.5 Å². The predicted molar refractivity (Wildman–Crippen MR) is 78.7 cm³/mol. The lowest BCUT2D eigenvalue weighted by Gasteiger charge is -2.08. The van der Waals surface area contributed by atoms with Gasteiger partial charge in [-0.1, -0.05) is 12.1 Å². The number of anilines is 1. The lowest BCUT2D eigenvalue weighted by molar-refractivity contribution is 0.185. The van der Waals surface area contributed by atoms with Crippen molar-refractivity contribution in [3.05, 3.63) is 47.7 Å². The highest BCUT2D eigenvalue weighted by Gasteiger charge is 2.12. The van der Waals surface area contributed by atoms with E-state index in [-0.39, 0.29) is 0 Å². The van der Waals surface area contributed by atoms with Crippen LogP contribution in [0.25, 0.3) is 16.9 Å². The lowest BCUT2D eigenvalue weighted by atomic mass is 10.2. The number of hydrogen-bond acceptors (Lipinski definition) is 4. The number of hydrogen-bond donors (Lipinski definition) is 1. The van der Waals surface area contributed by atoms with E-state index in [1.807, 2.05) is 41.8 Å². The van der Waals surface area contributed by atoms with Crippen LogP contribution in [0.1, 0.15) is 11.1 Å². The number of nitrogen functional groups attached to an aromatic ring is 1. The van der Waals surface area contributed by atoms with Crippen molar-refractivity contribution in [3.8, 4) is 5.69 Å². The van der Waals surface area contributed by atoms with Crippen LogP contribution in [-0.4, -0.2) is 21.6 Å². The van der Waals surface area contributed by atoms with E-state index in [2.05, 4.69) is 9.97 Å². The number of nitrogens with two attached hydrogens (primary N) is 1. The summed E-state index contributed by atoms with van der Waals surface area (Å²) >= 11 is 0. The monoisotopic (exact) mass is 268 g/mol. The zero-order valence-corrected chi connectivity index (χ0v) is 11.5. The van der Waals surface area contributed by atoms with Gasteiger partial charge in [-0.3, -0.25) is 4.57 Å². The third-order valence-corrected chi connectivity index (χ3v) is 3.25. The van der Waals surface area contributed by atoms with E-state index in [9.17, 15) is 0 Å².